The maximum Gasteiger partial charge on any atom is 0.287 e. The summed E-state index contributed by atoms with van der Waals surface area (Å²) in [5.74, 6) is -0.131. The minimum atomic E-state index is -0.303. The van der Waals surface area contributed by atoms with E-state index in [-0.39, 0.29) is 11.6 Å². The van der Waals surface area contributed by atoms with Gasteiger partial charge in [-0.05, 0) is 48.5 Å². The summed E-state index contributed by atoms with van der Waals surface area (Å²) >= 11 is 0. The van der Waals surface area contributed by atoms with Gasteiger partial charge in [-0.3, -0.25) is 0 Å². The number of aromatic nitrogens is 3. The predicted octanol–water partition coefficient (Wildman–Crippen LogP) is 3.34. The number of hydrogen-bond acceptors (Lipinski definition) is 2. The van der Waals surface area contributed by atoms with Gasteiger partial charge in [-0.1, -0.05) is 0 Å². The average Bonchev–Trinajstić information content (AvgIpc) is 3.01. The van der Waals surface area contributed by atoms with Crippen molar-refractivity contribution in [1.29, 1.82) is 0 Å². The Morgan fingerprint density at radius 1 is 0.833 bits per heavy atom. The molecule has 0 saturated heterocycles. The normalized spacial score (nSPS) is 11.1. The number of rotatable bonds is 2. The molecule has 4 rings (SSSR count). The molecule has 0 radical (unpaired) electrons. The van der Waals surface area contributed by atoms with Gasteiger partial charge in [-0.2, -0.15) is 0 Å². The zero-order chi connectivity index (χ0) is 16.7. The Kier molecular flexibility index (Phi) is 3.23. The van der Waals surface area contributed by atoms with E-state index >= 15 is 0 Å². The molecule has 0 spiro atoms. The summed E-state index contributed by atoms with van der Waals surface area (Å²) in [5.41, 5.74) is 9.73. The van der Waals surface area contributed by atoms with Crippen LogP contribution in [0.25, 0.3) is 28.2 Å². The molecule has 0 aliphatic carbocycles. The van der Waals surface area contributed by atoms with Crippen LogP contribution in [0.15, 0.2) is 60.7 Å². The van der Waals surface area contributed by atoms with Crippen LogP contribution in [-0.4, -0.2) is 10.1 Å². The van der Waals surface area contributed by atoms with E-state index in [0.29, 0.717) is 17.2 Å². The lowest BCUT2D eigenvalue weighted by Crippen LogP contribution is -2.28. The van der Waals surface area contributed by atoms with E-state index in [0.717, 1.165) is 16.8 Å². The number of nitrogens with one attached hydrogen (secondary N) is 1. The molecule has 0 fully saturated rings. The lowest BCUT2D eigenvalue weighted by atomic mass is 10.1. The fourth-order valence-electron chi connectivity index (χ4n) is 2.59. The highest BCUT2D eigenvalue weighted by atomic mass is 19.1. The van der Waals surface area contributed by atoms with Crippen LogP contribution in [0.5, 0.6) is 0 Å². The summed E-state index contributed by atoms with van der Waals surface area (Å²) < 4.78 is 27.8. The summed E-state index contributed by atoms with van der Waals surface area (Å²) in [6.07, 6.45) is 0. The minimum Gasteiger partial charge on any atom is -0.317 e. The number of anilines is 1. The third-order valence-electron chi connectivity index (χ3n) is 3.81. The van der Waals surface area contributed by atoms with Gasteiger partial charge in [-0.25, -0.2) is 13.9 Å². The molecule has 0 amide bonds. The van der Waals surface area contributed by atoms with Crippen LogP contribution in [0.4, 0.5) is 14.6 Å². The number of halogens is 2. The second-order valence-electron chi connectivity index (χ2n) is 5.44. The summed E-state index contributed by atoms with van der Waals surface area (Å²) in [7, 11) is 0. The highest BCUT2D eigenvalue weighted by Crippen LogP contribution is 2.22. The van der Waals surface area contributed by atoms with E-state index < -0.39 is 0 Å². The maximum absolute atomic E-state index is 13.1. The highest BCUT2D eigenvalue weighted by molar-refractivity contribution is 5.66. The third kappa shape index (κ3) is 2.48. The van der Waals surface area contributed by atoms with Gasteiger partial charge in [0.2, 0.25) is 5.82 Å². The Bertz CT molecular complexity index is 1020. The molecular formula is C18H13F2N4+. The lowest BCUT2D eigenvalue weighted by Gasteiger charge is -1.99. The Hall–Kier alpha value is -3.28. The molecule has 118 valence electrons. The van der Waals surface area contributed by atoms with Crippen molar-refractivity contribution < 1.29 is 13.3 Å². The molecule has 0 aliphatic heterocycles. The molecule has 6 heteroatoms. The molecule has 24 heavy (non-hydrogen) atoms. The Morgan fingerprint density at radius 3 is 2.04 bits per heavy atom. The molecule has 2 heterocycles. The Balaban J connectivity index is 1.83. The first-order valence-electron chi connectivity index (χ1n) is 7.33. The van der Waals surface area contributed by atoms with E-state index in [4.69, 9.17) is 5.73 Å². The van der Waals surface area contributed by atoms with Gasteiger partial charge in [0, 0.05) is 17.2 Å². The zero-order valence-corrected chi connectivity index (χ0v) is 12.5. The second-order valence-corrected chi connectivity index (χ2v) is 5.44. The van der Waals surface area contributed by atoms with Crippen molar-refractivity contribution in [3.8, 4) is 22.5 Å². The van der Waals surface area contributed by atoms with Gasteiger partial charge in [0.1, 0.15) is 11.6 Å². The Morgan fingerprint density at radius 2 is 1.42 bits per heavy atom. The number of H-pyrrole nitrogens is 1. The van der Waals surface area contributed by atoms with Crippen molar-refractivity contribution in [2.45, 2.75) is 0 Å². The Labute approximate surface area is 136 Å². The molecule has 0 bridgehead atoms. The monoisotopic (exact) mass is 323 g/mol. The number of nitrogen functional groups attached to an aromatic ring is 1. The first-order valence-corrected chi connectivity index (χ1v) is 7.33. The standard InChI is InChI=1S/C18H12F2N4/c19-13-5-1-11(2-6-13)15-9-17(21)24-18(22-15)10-16(23-24)12-3-7-14(20)8-4-12/h1-10H,(H2,21,22,23)/p+1. The highest BCUT2D eigenvalue weighted by Gasteiger charge is 2.15. The summed E-state index contributed by atoms with van der Waals surface area (Å²) in [5, 5.41) is 3.13. The van der Waals surface area contributed by atoms with E-state index in [1.807, 2.05) is 6.07 Å². The first kappa shape index (κ1) is 14.3. The molecule has 4 aromatic rings. The molecule has 2 aromatic heterocycles. The number of nitrogens with two attached hydrogens (primary N) is 1. The van der Waals surface area contributed by atoms with E-state index in [2.05, 4.69) is 10.1 Å². The van der Waals surface area contributed by atoms with E-state index in [1.165, 1.54) is 24.3 Å². The van der Waals surface area contributed by atoms with Crippen molar-refractivity contribution in [2.75, 3.05) is 5.73 Å². The number of aromatic amines is 1. The van der Waals surface area contributed by atoms with Gasteiger partial charge >= 0.3 is 0 Å². The third-order valence-corrected chi connectivity index (χ3v) is 3.81. The quantitative estimate of drug-likeness (QED) is 0.556. The van der Waals surface area contributed by atoms with Crippen LogP contribution in [0.3, 0.4) is 0 Å². The number of nitrogens with zero attached hydrogens (tertiary/aromatic N) is 2. The molecule has 4 nitrogen and oxygen atoms in total. The molecule has 0 unspecified atom stereocenters. The van der Waals surface area contributed by atoms with Crippen LogP contribution in [0.1, 0.15) is 0 Å². The van der Waals surface area contributed by atoms with Crippen LogP contribution < -0.4 is 10.2 Å². The topological polar surface area (TPSA) is 58.8 Å². The van der Waals surface area contributed by atoms with Crippen molar-refractivity contribution in [2.24, 2.45) is 0 Å². The molecule has 0 saturated carbocycles. The largest absolute Gasteiger partial charge is 0.317 e. The second kappa shape index (κ2) is 5.42. The van der Waals surface area contributed by atoms with Crippen molar-refractivity contribution in [1.82, 2.24) is 10.1 Å². The lowest BCUT2D eigenvalue weighted by molar-refractivity contribution is -0.562. The van der Waals surface area contributed by atoms with Gasteiger partial charge in [0.15, 0.2) is 5.69 Å². The van der Waals surface area contributed by atoms with Crippen LogP contribution in [-0.2, 0) is 0 Å². The van der Waals surface area contributed by atoms with Crippen LogP contribution in [0, 0.1) is 11.6 Å². The summed E-state index contributed by atoms with van der Waals surface area (Å²) in [6.45, 7) is 0. The SMILES string of the molecule is Nc1cc(-c2ccc(F)cc2)nc2cc(-c3ccc(F)cc3)[nH][n+]12. The maximum atomic E-state index is 13.1. The van der Waals surface area contributed by atoms with E-state index in [9.17, 15) is 8.78 Å². The molecular weight excluding hydrogens is 310 g/mol. The average molecular weight is 323 g/mol. The van der Waals surface area contributed by atoms with E-state index in [1.54, 1.807) is 34.8 Å². The number of fused-ring (bicyclic) bond motifs is 1. The number of benzene rings is 2. The van der Waals surface area contributed by atoms with Gasteiger partial charge in [0.05, 0.1) is 11.8 Å². The molecule has 0 atom stereocenters. The fourth-order valence-corrected chi connectivity index (χ4v) is 2.59. The first-order chi connectivity index (χ1) is 11.6. The predicted molar refractivity (Wildman–Crippen MR) is 86.9 cm³/mol. The molecule has 3 N–H and O–H groups in total. The van der Waals surface area contributed by atoms with Crippen molar-refractivity contribution >= 4 is 11.5 Å². The smallest absolute Gasteiger partial charge is 0.287 e. The van der Waals surface area contributed by atoms with Gasteiger partial charge < -0.3 is 5.73 Å². The number of hydrogen-bond donors (Lipinski definition) is 2. The molecule has 0 aliphatic rings. The zero-order valence-electron chi connectivity index (χ0n) is 12.5. The van der Waals surface area contributed by atoms with Crippen LogP contribution >= 0.6 is 0 Å². The molecule has 2 aromatic carbocycles. The fraction of sp³-hybridized carbons (Fsp3) is 0. The van der Waals surface area contributed by atoms with Gasteiger partial charge in [0.25, 0.3) is 5.65 Å². The van der Waals surface area contributed by atoms with Crippen molar-refractivity contribution in [3.63, 3.8) is 0 Å². The summed E-state index contributed by atoms with van der Waals surface area (Å²) in [6, 6.07) is 15.8. The van der Waals surface area contributed by atoms with Crippen LogP contribution in [0.2, 0.25) is 0 Å². The minimum absolute atomic E-state index is 0.293. The summed E-state index contributed by atoms with van der Waals surface area (Å²) in [4.78, 5) is 4.55. The van der Waals surface area contributed by atoms with Gasteiger partial charge in [-0.15, -0.1) is 9.50 Å². The van der Waals surface area contributed by atoms with Crippen molar-refractivity contribution in [3.05, 3.63) is 72.3 Å².